The molecule has 1 aliphatic rings. The van der Waals surface area contributed by atoms with E-state index in [1.807, 2.05) is 66.7 Å². The van der Waals surface area contributed by atoms with Gasteiger partial charge < -0.3 is 36.0 Å². The van der Waals surface area contributed by atoms with Crippen LogP contribution < -0.4 is 21.3 Å². The van der Waals surface area contributed by atoms with Crippen molar-refractivity contribution in [1.82, 2.24) is 15.5 Å². The van der Waals surface area contributed by atoms with Crippen LogP contribution in [-0.2, 0) is 32.0 Å². The van der Waals surface area contributed by atoms with Gasteiger partial charge in [-0.3, -0.25) is 14.4 Å². The first-order chi connectivity index (χ1) is 24.8. The van der Waals surface area contributed by atoms with E-state index in [1.165, 1.54) is 18.0 Å². The van der Waals surface area contributed by atoms with E-state index in [0.717, 1.165) is 27.8 Å². The number of nitrogens with one attached hydrogen (secondary N) is 2. The Balaban J connectivity index is 1.31. The number of anilines is 1. The fraction of sp³-hybridized carbons (Fsp3) is 0.317. The summed E-state index contributed by atoms with van der Waals surface area (Å²) in [7, 11) is 5.06. The Hall–Kier alpha value is -5.84. The number of amides is 4. The van der Waals surface area contributed by atoms with E-state index in [0.29, 0.717) is 11.3 Å². The van der Waals surface area contributed by atoms with E-state index in [1.54, 1.807) is 45.0 Å². The van der Waals surface area contributed by atoms with Crippen LogP contribution >= 0.6 is 0 Å². The number of aromatic hydroxyl groups is 1. The van der Waals surface area contributed by atoms with Crippen molar-refractivity contribution in [3.05, 3.63) is 119 Å². The molecule has 4 aromatic carbocycles. The summed E-state index contributed by atoms with van der Waals surface area (Å²) in [5.74, 6) is -2.28. The van der Waals surface area contributed by atoms with Gasteiger partial charge in [0, 0.05) is 39.9 Å². The van der Waals surface area contributed by atoms with Crippen LogP contribution in [0.1, 0.15) is 42.0 Å². The predicted molar refractivity (Wildman–Crippen MR) is 201 cm³/mol. The fourth-order valence-electron chi connectivity index (χ4n) is 6.91. The number of hydrogen-bond acceptors (Lipinski definition) is 7. The number of fused-ring (bicyclic) bond motifs is 3. The van der Waals surface area contributed by atoms with Crippen LogP contribution in [-0.4, -0.2) is 79.7 Å². The molecule has 0 heterocycles. The molecule has 0 aliphatic heterocycles. The molecule has 0 unspecified atom stereocenters. The smallest absolute Gasteiger partial charge is 0.407 e. The summed E-state index contributed by atoms with van der Waals surface area (Å²) >= 11 is 0. The maximum absolute atomic E-state index is 14.2. The summed E-state index contributed by atoms with van der Waals surface area (Å²) in [5, 5.41) is 15.7. The highest BCUT2D eigenvalue weighted by atomic mass is 16.5. The molecule has 4 aromatic rings. The number of primary amides is 1. The molecule has 1 aliphatic carbocycles. The summed E-state index contributed by atoms with van der Waals surface area (Å²) in [6.45, 7) is 3.66. The maximum atomic E-state index is 14.2. The highest BCUT2D eigenvalue weighted by Crippen LogP contribution is 2.44. The Morgan fingerprint density at radius 2 is 1.35 bits per heavy atom. The average Bonchev–Trinajstić information content (AvgIpc) is 3.44. The second kappa shape index (κ2) is 16.5. The molecule has 0 saturated carbocycles. The van der Waals surface area contributed by atoms with Crippen LogP contribution in [0.15, 0.2) is 97.1 Å². The van der Waals surface area contributed by atoms with Gasteiger partial charge in [0.25, 0.3) is 0 Å². The van der Waals surface area contributed by atoms with E-state index in [-0.39, 0.29) is 37.0 Å². The number of alkyl carbamates (subject to hydrolysis) is 1. The van der Waals surface area contributed by atoms with Gasteiger partial charge in [0.15, 0.2) is 0 Å². The van der Waals surface area contributed by atoms with E-state index in [2.05, 4.69) is 22.8 Å². The van der Waals surface area contributed by atoms with Crippen molar-refractivity contribution in [3.63, 3.8) is 0 Å². The molecule has 52 heavy (non-hydrogen) atoms. The quantitative estimate of drug-likeness (QED) is 0.150. The average molecular weight is 706 g/mol. The number of carbonyl (C=O) groups is 4. The molecule has 4 amide bonds. The Kier molecular flexibility index (Phi) is 11.8. The number of rotatable bonds is 14. The number of phenolic OH excluding ortho intramolecular Hbond substituents is 1. The van der Waals surface area contributed by atoms with Gasteiger partial charge in [-0.25, -0.2) is 4.79 Å². The number of hydrogen-bond donors (Lipinski definition) is 4. The van der Waals surface area contributed by atoms with E-state index in [9.17, 15) is 24.3 Å². The molecule has 0 saturated heterocycles. The van der Waals surface area contributed by atoms with Gasteiger partial charge in [-0.2, -0.15) is 0 Å². The van der Waals surface area contributed by atoms with Crippen LogP contribution in [0.25, 0.3) is 11.1 Å². The van der Waals surface area contributed by atoms with Gasteiger partial charge in [-0.15, -0.1) is 0 Å². The van der Waals surface area contributed by atoms with Crippen molar-refractivity contribution in [2.24, 2.45) is 11.7 Å². The van der Waals surface area contributed by atoms with Gasteiger partial charge in [0.05, 0.1) is 5.69 Å². The van der Waals surface area contributed by atoms with Gasteiger partial charge in [-0.1, -0.05) is 98.8 Å². The zero-order valence-electron chi connectivity index (χ0n) is 30.2. The van der Waals surface area contributed by atoms with Crippen molar-refractivity contribution in [2.75, 3.05) is 32.6 Å². The number of carbonyl (C=O) groups excluding carboxylic acids is 4. The third kappa shape index (κ3) is 8.54. The Labute approximate surface area is 304 Å². The number of phenols is 1. The highest BCUT2D eigenvalue weighted by molar-refractivity contribution is 5.94. The topological polar surface area (TPSA) is 154 Å². The molecule has 0 radical (unpaired) electrons. The number of likely N-dealkylation sites (N-methyl/N-ethyl adjacent to an activating group) is 1. The second-order valence-electron chi connectivity index (χ2n) is 13.7. The highest BCUT2D eigenvalue weighted by Gasteiger charge is 2.36. The van der Waals surface area contributed by atoms with Crippen molar-refractivity contribution in [1.29, 1.82) is 0 Å². The maximum Gasteiger partial charge on any atom is 0.407 e. The zero-order chi connectivity index (χ0) is 37.5. The largest absolute Gasteiger partial charge is 0.506 e. The molecule has 0 aromatic heterocycles. The standard InChI is InChI=1S/C41H47N5O6/c1-25(2)37(39(49)43-33(38(42)48)22-27-19-20-36(47)35(23-27)45(3)4)46(5)40(50)34(21-26-13-7-6-8-14-26)44-41(51)52-24-32-30-17-11-9-15-28(30)29-16-10-12-18-31(29)32/h6-20,23,25,32-34,37,47H,21-22,24H2,1-5H3,(H2,42,48)(H,43,49)(H,44,51)/t33-,34-,37-/m0/s1. The van der Waals surface area contributed by atoms with Crippen LogP contribution in [0.5, 0.6) is 5.75 Å². The summed E-state index contributed by atoms with van der Waals surface area (Å²) in [6.07, 6.45) is -0.528. The first-order valence-electron chi connectivity index (χ1n) is 17.4. The van der Waals surface area contributed by atoms with Gasteiger partial charge in [0.2, 0.25) is 17.7 Å². The normalized spacial score (nSPS) is 13.7. The molecule has 11 heteroatoms. The van der Waals surface area contributed by atoms with Crippen LogP contribution in [0.4, 0.5) is 10.5 Å². The van der Waals surface area contributed by atoms with Crippen LogP contribution in [0, 0.1) is 5.92 Å². The molecule has 272 valence electrons. The van der Waals surface area contributed by atoms with Gasteiger partial charge in [0.1, 0.15) is 30.5 Å². The molecule has 0 bridgehead atoms. The van der Waals surface area contributed by atoms with Crippen molar-refractivity contribution < 1.29 is 29.0 Å². The van der Waals surface area contributed by atoms with Crippen molar-refractivity contribution in [2.45, 2.75) is 50.7 Å². The minimum absolute atomic E-state index is 0.0740. The third-order valence-corrected chi connectivity index (χ3v) is 9.50. The lowest BCUT2D eigenvalue weighted by Crippen LogP contribution is -2.59. The van der Waals surface area contributed by atoms with Crippen LogP contribution in [0.3, 0.4) is 0 Å². The molecule has 3 atom stereocenters. The third-order valence-electron chi connectivity index (χ3n) is 9.50. The first-order valence-corrected chi connectivity index (χ1v) is 17.4. The SMILES string of the molecule is CC(C)[C@@H](C(=O)N[C@@H](Cc1ccc(O)c(N(C)C)c1)C(N)=O)N(C)C(=O)[C@H](Cc1ccccc1)NC(=O)OCC1c2ccccc2-c2ccccc21. The second-order valence-corrected chi connectivity index (χ2v) is 13.7. The number of nitrogens with two attached hydrogens (primary N) is 1. The lowest BCUT2D eigenvalue weighted by molar-refractivity contribution is -0.142. The first kappa shape index (κ1) is 37.4. The number of ether oxygens (including phenoxy) is 1. The lowest BCUT2D eigenvalue weighted by Gasteiger charge is -2.34. The van der Waals surface area contributed by atoms with Crippen molar-refractivity contribution >= 4 is 29.5 Å². The summed E-state index contributed by atoms with van der Waals surface area (Å²) in [5.41, 5.74) is 12.1. The Morgan fingerprint density at radius 1 is 0.769 bits per heavy atom. The molecule has 11 nitrogen and oxygen atoms in total. The van der Waals surface area contributed by atoms with E-state index < -0.39 is 41.9 Å². The van der Waals surface area contributed by atoms with E-state index in [4.69, 9.17) is 10.5 Å². The van der Waals surface area contributed by atoms with Crippen LogP contribution in [0.2, 0.25) is 0 Å². The zero-order valence-corrected chi connectivity index (χ0v) is 30.2. The molecule has 5 rings (SSSR count). The number of nitrogens with zero attached hydrogens (tertiary/aromatic N) is 2. The number of benzene rings is 4. The Morgan fingerprint density at radius 3 is 1.92 bits per heavy atom. The summed E-state index contributed by atoms with van der Waals surface area (Å²) < 4.78 is 5.79. The monoisotopic (exact) mass is 705 g/mol. The minimum atomic E-state index is -1.09. The molecular formula is C41H47N5O6. The molecule has 0 fully saturated rings. The summed E-state index contributed by atoms with van der Waals surface area (Å²) in [6, 6.07) is 27.1. The Bertz CT molecular complexity index is 1870. The van der Waals surface area contributed by atoms with Gasteiger partial charge in [-0.05, 0) is 51.4 Å². The minimum Gasteiger partial charge on any atom is -0.506 e. The molecule has 0 spiro atoms. The van der Waals surface area contributed by atoms with Crippen molar-refractivity contribution in [3.8, 4) is 16.9 Å². The van der Waals surface area contributed by atoms with E-state index >= 15 is 0 Å². The predicted octanol–water partition coefficient (Wildman–Crippen LogP) is 4.60. The lowest BCUT2D eigenvalue weighted by atomic mass is 9.98. The molecular weight excluding hydrogens is 658 g/mol. The van der Waals surface area contributed by atoms with Gasteiger partial charge >= 0.3 is 6.09 Å². The summed E-state index contributed by atoms with van der Waals surface area (Å²) in [4.78, 5) is 57.1. The molecule has 5 N–H and O–H groups in total. The fourth-order valence-corrected chi connectivity index (χ4v) is 6.91.